The van der Waals surface area contributed by atoms with Crippen LogP contribution in [0.3, 0.4) is 0 Å². The SMILES string of the molecule is CC(=O)SC1CN(C(=O)Nc2cccnc2)C1.CS(=O)(=O)OC1CN(C(=O)Nc2cccnc2)C1. The quantitative estimate of drug-likeness (QED) is 0.561. The molecule has 14 heteroatoms. The van der Waals surface area contributed by atoms with Gasteiger partial charge in [-0.15, -0.1) is 0 Å². The number of thioether (sulfide) groups is 1. The molecule has 2 aliphatic rings. The summed E-state index contributed by atoms with van der Waals surface area (Å²) in [5.74, 6) is 0. The first-order chi connectivity index (χ1) is 16.6. The van der Waals surface area contributed by atoms with Crippen LogP contribution in [0.1, 0.15) is 6.92 Å². The first kappa shape index (κ1) is 26.4. The van der Waals surface area contributed by atoms with E-state index in [1.165, 1.54) is 22.9 Å². The highest BCUT2D eigenvalue weighted by Gasteiger charge is 2.34. The lowest BCUT2D eigenvalue weighted by molar-refractivity contribution is -0.109. The van der Waals surface area contributed by atoms with Crippen LogP contribution in [-0.2, 0) is 19.1 Å². The fourth-order valence-electron chi connectivity index (χ4n) is 3.10. The number of nitrogens with one attached hydrogen (secondary N) is 2. The van der Waals surface area contributed by atoms with Gasteiger partial charge in [0.1, 0.15) is 6.10 Å². The molecule has 4 rings (SSSR count). The zero-order valence-corrected chi connectivity index (χ0v) is 20.8. The fraction of sp³-hybridized carbons (Fsp3) is 0.381. The standard InChI is InChI=1S/C11H13N3O2S.C10H13N3O4S/c1-8(15)17-10-6-14(7-10)11(16)13-9-3-2-4-12-5-9;1-18(15,16)17-9-6-13(7-9)10(14)12-8-3-2-4-11-5-8/h2-5,10H,6-7H2,1H3,(H,13,16);2-5,9H,6-7H2,1H3,(H,12,14). The van der Waals surface area contributed by atoms with Crippen molar-refractivity contribution in [2.24, 2.45) is 0 Å². The maximum absolute atomic E-state index is 11.7. The lowest BCUT2D eigenvalue weighted by Crippen LogP contribution is -2.56. The molecule has 2 N–H and O–H groups in total. The minimum Gasteiger partial charge on any atom is -0.322 e. The van der Waals surface area contributed by atoms with Crippen LogP contribution >= 0.6 is 11.8 Å². The summed E-state index contributed by atoms with van der Waals surface area (Å²) in [7, 11) is -3.46. The van der Waals surface area contributed by atoms with Crippen LogP contribution in [0.2, 0.25) is 0 Å². The van der Waals surface area contributed by atoms with Gasteiger partial charge in [0.05, 0.1) is 43.1 Å². The number of nitrogens with zero attached hydrogens (tertiary/aromatic N) is 4. The van der Waals surface area contributed by atoms with Gasteiger partial charge in [0.25, 0.3) is 10.1 Å². The average molecular weight is 523 g/mol. The monoisotopic (exact) mass is 522 g/mol. The smallest absolute Gasteiger partial charge is 0.322 e. The molecule has 2 aliphatic heterocycles. The zero-order valence-electron chi connectivity index (χ0n) is 19.2. The maximum Gasteiger partial charge on any atom is 0.322 e. The number of aromatic nitrogens is 2. The molecule has 0 atom stereocenters. The maximum atomic E-state index is 11.7. The highest BCUT2D eigenvalue weighted by Crippen LogP contribution is 2.23. The van der Waals surface area contributed by atoms with Crippen molar-refractivity contribution in [2.75, 3.05) is 43.1 Å². The molecule has 0 saturated carbocycles. The first-order valence-corrected chi connectivity index (χ1v) is 13.3. The second-order valence-electron chi connectivity index (χ2n) is 7.81. The predicted molar refractivity (Wildman–Crippen MR) is 131 cm³/mol. The molecule has 2 fully saturated rings. The molecule has 4 heterocycles. The predicted octanol–water partition coefficient (Wildman–Crippen LogP) is 1.85. The second kappa shape index (κ2) is 12.0. The van der Waals surface area contributed by atoms with Crippen LogP contribution in [0.4, 0.5) is 21.0 Å². The lowest BCUT2D eigenvalue weighted by atomic mass is 10.2. The van der Waals surface area contributed by atoms with Gasteiger partial charge in [-0.3, -0.25) is 18.9 Å². The number of carbonyl (C=O) groups is 3. The van der Waals surface area contributed by atoms with Crippen molar-refractivity contribution in [2.45, 2.75) is 18.3 Å². The molecule has 0 unspecified atom stereocenters. The Labute approximate surface area is 207 Å². The van der Waals surface area contributed by atoms with E-state index in [1.54, 1.807) is 54.7 Å². The van der Waals surface area contributed by atoms with Crippen LogP contribution in [-0.4, -0.2) is 89.2 Å². The molecular weight excluding hydrogens is 496 g/mol. The number of pyridine rings is 2. The molecule has 188 valence electrons. The number of rotatable bonds is 5. The van der Waals surface area contributed by atoms with Crippen LogP contribution < -0.4 is 10.6 Å². The van der Waals surface area contributed by atoms with E-state index in [-0.39, 0.29) is 35.5 Å². The van der Waals surface area contributed by atoms with Gasteiger partial charge in [0, 0.05) is 37.7 Å². The molecule has 0 aromatic carbocycles. The molecule has 12 nitrogen and oxygen atoms in total. The van der Waals surface area contributed by atoms with E-state index in [0.717, 1.165) is 6.26 Å². The summed E-state index contributed by atoms with van der Waals surface area (Å²) in [4.78, 5) is 45.2. The molecule has 0 bridgehead atoms. The van der Waals surface area contributed by atoms with Gasteiger partial charge in [-0.25, -0.2) is 9.59 Å². The molecular formula is C21H26N6O6S2. The summed E-state index contributed by atoms with van der Waals surface area (Å²) in [6.45, 7) is 3.31. The molecule has 2 aromatic heterocycles. The number of carbonyl (C=O) groups excluding carboxylic acids is 3. The molecule has 2 aromatic rings. The Kier molecular flexibility index (Phi) is 9.01. The highest BCUT2D eigenvalue weighted by atomic mass is 32.2. The Hall–Kier alpha value is -3.23. The number of amides is 4. The van der Waals surface area contributed by atoms with E-state index in [2.05, 4.69) is 20.6 Å². The first-order valence-electron chi connectivity index (χ1n) is 10.6. The van der Waals surface area contributed by atoms with Crippen molar-refractivity contribution in [3.8, 4) is 0 Å². The topological polar surface area (TPSA) is 151 Å². The Morgan fingerprint density at radius 2 is 1.43 bits per heavy atom. The van der Waals surface area contributed by atoms with Crippen molar-refractivity contribution < 1.29 is 27.0 Å². The number of urea groups is 2. The molecule has 0 aliphatic carbocycles. The van der Waals surface area contributed by atoms with Crippen LogP contribution in [0.15, 0.2) is 49.1 Å². The summed E-state index contributed by atoms with van der Waals surface area (Å²) >= 11 is 1.30. The third-order valence-corrected chi connectivity index (χ3v) is 6.32. The fourth-order valence-corrected chi connectivity index (χ4v) is 4.70. The zero-order chi connectivity index (χ0) is 25.4. The second-order valence-corrected chi connectivity index (χ2v) is 10.9. The summed E-state index contributed by atoms with van der Waals surface area (Å²) in [6.07, 6.45) is 6.93. The molecule has 0 radical (unpaired) electrons. The van der Waals surface area contributed by atoms with E-state index in [1.807, 2.05) is 0 Å². The van der Waals surface area contributed by atoms with Crippen molar-refractivity contribution >= 4 is 50.4 Å². The Balaban J connectivity index is 0.000000196. The summed E-state index contributed by atoms with van der Waals surface area (Å²) in [6, 6.07) is 6.54. The summed E-state index contributed by atoms with van der Waals surface area (Å²) in [5, 5.41) is 5.74. The highest BCUT2D eigenvalue weighted by molar-refractivity contribution is 8.14. The van der Waals surface area contributed by atoms with Gasteiger partial charge in [-0.1, -0.05) is 11.8 Å². The van der Waals surface area contributed by atoms with Gasteiger partial charge in [0.2, 0.25) is 0 Å². The van der Waals surface area contributed by atoms with E-state index >= 15 is 0 Å². The van der Waals surface area contributed by atoms with Crippen molar-refractivity contribution in [1.29, 1.82) is 0 Å². The van der Waals surface area contributed by atoms with Gasteiger partial charge < -0.3 is 20.4 Å². The molecule has 0 spiro atoms. The van der Waals surface area contributed by atoms with Crippen molar-refractivity contribution in [1.82, 2.24) is 19.8 Å². The van der Waals surface area contributed by atoms with Crippen molar-refractivity contribution in [3.05, 3.63) is 49.1 Å². The number of anilines is 2. The van der Waals surface area contributed by atoms with E-state index in [4.69, 9.17) is 4.18 Å². The minimum atomic E-state index is -3.46. The number of hydrogen-bond acceptors (Lipinski definition) is 9. The van der Waals surface area contributed by atoms with E-state index in [9.17, 15) is 22.8 Å². The Morgan fingerprint density at radius 3 is 1.83 bits per heavy atom. The minimum absolute atomic E-state index is 0.0994. The number of likely N-dealkylation sites (tertiary alicyclic amines) is 2. The van der Waals surface area contributed by atoms with Crippen LogP contribution in [0.5, 0.6) is 0 Å². The molecule has 2 saturated heterocycles. The van der Waals surface area contributed by atoms with Gasteiger partial charge in [0.15, 0.2) is 5.12 Å². The molecule has 35 heavy (non-hydrogen) atoms. The Morgan fingerprint density at radius 1 is 0.943 bits per heavy atom. The van der Waals surface area contributed by atoms with E-state index < -0.39 is 16.2 Å². The summed E-state index contributed by atoms with van der Waals surface area (Å²) < 4.78 is 26.4. The number of hydrogen-bond donors (Lipinski definition) is 2. The largest absolute Gasteiger partial charge is 0.322 e. The lowest BCUT2D eigenvalue weighted by Gasteiger charge is -2.37. The normalized spacial score (nSPS) is 15.7. The van der Waals surface area contributed by atoms with Crippen LogP contribution in [0.25, 0.3) is 0 Å². The molecule has 4 amide bonds. The Bertz CT molecular complexity index is 1120. The van der Waals surface area contributed by atoms with Crippen LogP contribution in [0, 0.1) is 0 Å². The van der Waals surface area contributed by atoms with Gasteiger partial charge in [-0.05, 0) is 24.3 Å². The van der Waals surface area contributed by atoms with Gasteiger partial charge in [-0.2, -0.15) is 8.42 Å². The van der Waals surface area contributed by atoms with Crippen molar-refractivity contribution in [3.63, 3.8) is 0 Å². The summed E-state index contributed by atoms with van der Waals surface area (Å²) in [5.41, 5.74) is 1.27. The average Bonchev–Trinajstić information content (AvgIpc) is 2.73. The third-order valence-electron chi connectivity index (χ3n) is 4.74. The third kappa shape index (κ3) is 8.81. The van der Waals surface area contributed by atoms with Gasteiger partial charge >= 0.3 is 12.1 Å². The van der Waals surface area contributed by atoms with E-state index in [0.29, 0.717) is 24.5 Å².